The standard InChI is InChI=1S/C25H27NO4/c1-16(2)17-10-12-18(13-11-17)22-21(23(27)19-7-4-3-5-8-19)24(28)25(29)26(22)15-20-9-6-14-30-20/h3-5,7-8,10-13,16,20,22,27H,6,9,14-15H2,1-2H3/b23-21+/t20-,22+/m0/s1. The lowest BCUT2D eigenvalue weighted by Crippen LogP contribution is -2.36. The molecule has 2 aliphatic heterocycles. The largest absolute Gasteiger partial charge is 0.507 e. The quantitative estimate of drug-likeness (QED) is 0.455. The summed E-state index contributed by atoms with van der Waals surface area (Å²) in [6.45, 7) is 5.25. The lowest BCUT2D eigenvalue weighted by molar-refractivity contribution is -0.140. The van der Waals surface area contributed by atoms with Gasteiger partial charge < -0.3 is 14.7 Å². The first kappa shape index (κ1) is 20.4. The predicted molar refractivity (Wildman–Crippen MR) is 115 cm³/mol. The van der Waals surface area contributed by atoms with Crippen LogP contribution >= 0.6 is 0 Å². The summed E-state index contributed by atoms with van der Waals surface area (Å²) >= 11 is 0. The molecule has 1 N–H and O–H groups in total. The number of aliphatic hydroxyl groups excluding tert-OH is 1. The summed E-state index contributed by atoms with van der Waals surface area (Å²) in [7, 11) is 0. The number of benzene rings is 2. The highest BCUT2D eigenvalue weighted by Crippen LogP contribution is 2.40. The number of ether oxygens (including phenoxy) is 1. The molecular formula is C25H27NO4. The van der Waals surface area contributed by atoms with E-state index < -0.39 is 17.7 Å². The van der Waals surface area contributed by atoms with E-state index in [4.69, 9.17) is 4.74 Å². The lowest BCUT2D eigenvalue weighted by atomic mass is 9.93. The van der Waals surface area contributed by atoms with Crippen LogP contribution in [0.4, 0.5) is 0 Å². The van der Waals surface area contributed by atoms with Crippen molar-refractivity contribution in [3.8, 4) is 0 Å². The zero-order valence-electron chi connectivity index (χ0n) is 17.4. The Balaban J connectivity index is 1.80. The molecule has 2 heterocycles. The van der Waals surface area contributed by atoms with Crippen LogP contribution in [-0.2, 0) is 14.3 Å². The first-order valence-corrected chi connectivity index (χ1v) is 10.5. The summed E-state index contributed by atoms with van der Waals surface area (Å²) in [5, 5.41) is 11.0. The second kappa shape index (κ2) is 8.44. The summed E-state index contributed by atoms with van der Waals surface area (Å²) in [5.74, 6) is -0.989. The van der Waals surface area contributed by atoms with Crippen LogP contribution in [0.1, 0.15) is 55.3 Å². The van der Waals surface area contributed by atoms with Crippen LogP contribution in [0.5, 0.6) is 0 Å². The average Bonchev–Trinajstić information content (AvgIpc) is 3.36. The molecule has 2 aliphatic rings. The van der Waals surface area contributed by atoms with Gasteiger partial charge in [-0.15, -0.1) is 0 Å². The van der Waals surface area contributed by atoms with E-state index in [-0.39, 0.29) is 17.4 Å². The maximum absolute atomic E-state index is 13.0. The Morgan fingerprint density at radius 1 is 1.10 bits per heavy atom. The van der Waals surface area contributed by atoms with Gasteiger partial charge >= 0.3 is 0 Å². The lowest BCUT2D eigenvalue weighted by Gasteiger charge is -2.27. The summed E-state index contributed by atoms with van der Waals surface area (Å²) in [6.07, 6.45) is 1.73. The van der Waals surface area contributed by atoms with Gasteiger partial charge in [0.05, 0.1) is 17.7 Å². The molecule has 0 radical (unpaired) electrons. The Labute approximate surface area is 177 Å². The zero-order valence-corrected chi connectivity index (χ0v) is 17.4. The Bertz CT molecular complexity index is 956. The van der Waals surface area contributed by atoms with Crippen LogP contribution in [0.25, 0.3) is 5.76 Å². The highest BCUT2D eigenvalue weighted by atomic mass is 16.5. The molecule has 0 saturated carbocycles. The monoisotopic (exact) mass is 405 g/mol. The summed E-state index contributed by atoms with van der Waals surface area (Å²) in [5.41, 5.74) is 2.66. The zero-order chi connectivity index (χ0) is 21.3. The molecule has 0 spiro atoms. The first-order valence-electron chi connectivity index (χ1n) is 10.5. The van der Waals surface area contributed by atoms with E-state index >= 15 is 0 Å². The van der Waals surface area contributed by atoms with Crippen molar-refractivity contribution in [2.24, 2.45) is 0 Å². The minimum absolute atomic E-state index is 0.0857. The molecule has 2 fully saturated rings. The van der Waals surface area contributed by atoms with Gasteiger partial charge in [-0.2, -0.15) is 0 Å². The van der Waals surface area contributed by atoms with Crippen LogP contribution < -0.4 is 0 Å². The predicted octanol–water partition coefficient (Wildman–Crippen LogP) is 4.41. The van der Waals surface area contributed by atoms with Crippen LogP contribution in [-0.4, -0.2) is 41.0 Å². The van der Waals surface area contributed by atoms with Gasteiger partial charge in [0.2, 0.25) is 0 Å². The van der Waals surface area contributed by atoms with Gasteiger partial charge in [-0.3, -0.25) is 9.59 Å². The molecule has 2 aromatic rings. The summed E-state index contributed by atoms with van der Waals surface area (Å²) in [4.78, 5) is 27.6. The number of likely N-dealkylation sites (tertiary alicyclic amines) is 1. The number of Topliss-reactive ketones (excluding diaryl/α,β-unsaturated/α-hetero) is 1. The fourth-order valence-electron chi connectivity index (χ4n) is 4.24. The minimum atomic E-state index is -0.646. The van der Waals surface area contributed by atoms with Crippen LogP contribution in [0.2, 0.25) is 0 Å². The van der Waals surface area contributed by atoms with Crippen molar-refractivity contribution in [3.05, 3.63) is 76.9 Å². The molecule has 0 bridgehead atoms. The highest BCUT2D eigenvalue weighted by Gasteiger charge is 2.47. The van der Waals surface area contributed by atoms with Crippen LogP contribution in [0, 0.1) is 0 Å². The van der Waals surface area contributed by atoms with Crippen molar-refractivity contribution in [2.75, 3.05) is 13.2 Å². The Morgan fingerprint density at radius 3 is 2.40 bits per heavy atom. The van der Waals surface area contributed by atoms with Crippen molar-refractivity contribution >= 4 is 17.4 Å². The summed E-state index contributed by atoms with van der Waals surface area (Å²) < 4.78 is 5.73. The number of carbonyl (C=O) groups is 2. The second-order valence-corrected chi connectivity index (χ2v) is 8.27. The number of aliphatic hydroxyl groups is 1. The molecule has 2 aromatic carbocycles. The molecule has 5 heteroatoms. The van der Waals surface area contributed by atoms with Crippen molar-refractivity contribution in [1.82, 2.24) is 4.90 Å². The maximum atomic E-state index is 13.0. The molecule has 0 unspecified atom stereocenters. The molecule has 0 aliphatic carbocycles. The van der Waals surface area contributed by atoms with Gasteiger partial charge in [0.25, 0.3) is 11.7 Å². The minimum Gasteiger partial charge on any atom is -0.507 e. The molecule has 0 aromatic heterocycles. The van der Waals surface area contributed by atoms with Crippen molar-refractivity contribution in [2.45, 2.75) is 44.8 Å². The Kier molecular flexibility index (Phi) is 5.73. The molecular weight excluding hydrogens is 378 g/mol. The van der Waals surface area contributed by atoms with Gasteiger partial charge in [-0.05, 0) is 29.9 Å². The fraction of sp³-hybridized carbons (Fsp3) is 0.360. The SMILES string of the molecule is CC(C)c1ccc([C@@H]2/C(=C(\O)c3ccccc3)C(=O)C(=O)N2C[C@@H]2CCCO2)cc1. The number of ketones is 1. The summed E-state index contributed by atoms with van der Waals surface area (Å²) in [6, 6.07) is 16.2. The third-order valence-corrected chi connectivity index (χ3v) is 5.93. The van der Waals surface area contributed by atoms with E-state index in [9.17, 15) is 14.7 Å². The topological polar surface area (TPSA) is 66.8 Å². The normalized spacial score (nSPS) is 23.5. The maximum Gasteiger partial charge on any atom is 0.295 e. The number of carbonyl (C=O) groups excluding carboxylic acids is 2. The molecule has 5 nitrogen and oxygen atoms in total. The fourth-order valence-corrected chi connectivity index (χ4v) is 4.24. The van der Waals surface area contributed by atoms with E-state index in [1.165, 1.54) is 5.56 Å². The van der Waals surface area contributed by atoms with Crippen molar-refractivity contribution in [1.29, 1.82) is 0 Å². The average molecular weight is 405 g/mol. The number of hydrogen-bond acceptors (Lipinski definition) is 4. The first-order chi connectivity index (χ1) is 14.5. The molecule has 4 rings (SSSR count). The smallest absolute Gasteiger partial charge is 0.295 e. The molecule has 2 saturated heterocycles. The van der Waals surface area contributed by atoms with E-state index in [1.54, 1.807) is 29.2 Å². The van der Waals surface area contributed by atoms with Gasteiger partial charge in [-0.1, -0.05) is 68.4 Å². The molecule has 2 atom stereocenters. The molecule has 156 valence electrons. The Morgan fingerprint density at radius 2 is 1.80 bits per heavy atom. The van der Waals surface area contributed by atoms with E-state index in [0.717, 1.165) is 18.4 Å². The van der Waals surface area contributed by atoms with Crippen molar-refractivity contribution < 1.29 is 19.4 Å². The van der Waals surface area contributed by atoms with Gasteiger partial charge in [0.15, 0.2) is 0 Å². The third-order valence-electron chi connectivity index (χ3n) is 5.93. The highest BCUT2D eigenvalue weighted by molar-refractivity contribution is 6.46. The van der Waals surface area contributed by atoms with E-state index in [1.807, 2.05) is 30.3 Å². The second-order valence-electron chi connectivity index (χ2n) is 8.27. The number of hydrogen-bond donors (Lipinski definition) is 1. The number of amides is 1. The Hall–Kier alpha value is -2.92. The molecule has 1 amide bonds. The third kappa shape index (κ3) is 3.77. The van der Waals surface area contributed by atoms with Gasteiger partial charge in [0, 0.05) is 18.7 Å². The number of nitrogens with zero attached hydrogens (tertiary/aromatic N) is 1. The van der Waals surface area contributed by atoms with E-state index in [0.29, 0.717) is 24.6 Å². The van der Waals surface area contributed by atoms with Crippen molar-refractivity contribution in [3.63, 3.8) is 0 Å². The van der Waals surface area contributed by atoms with Crippen LogP contribution in [0.15, 0.2) is 60.2 Å². The van der Waals surface area contributed by atoms with E-state index in [2.05, 4.69) is 13.8 Å². The van der Waals surface area contributed by atoms with Crippen LogP contribution in [0.3, 0.4) is 0 Å². The molecule has 30 heavy (non-hydrogen) atoms. The van der Waals surface area contributed by atoms with Gasteiger partial charge in [-0.25, -0.2) is 0 Å². The number of rotatable bonds is 5. The van der Waals surface area contributed by atoms with Gasteiger partial charge in [0.1, 0.15) is 5.76 Å².